The van der Waals surface area contributed by atoms with Gasteiger partial charge in [-0.15, -0.1) is 6.58 Å². The van der Waals surface area contributed by atoms with Gasteiger partial charge in [-0.1, -0.05) is 25.3 Å². The fourth-order valence-electron chi connectivity index (χ4n) is 2.10. The fourth-order valence-corrected chi connectivity index (χ4v) is 2.10. The quantitative estimate of drug-likeness (QED) is 0.442. The summed E-state index contributed by atoms with van der Waals surface area (Å²) in [6.07, 6.45) is 12.6. The van der Waals surface area contributed by atoms with Gasteiger partial charge in [-0.25, -0.2) is 0 Å². The largest absolute Gasteiger partial charge is 0.381 e. The van der Waals surface area contributed by atoms with Crippen molar-refractivity contribution >= 4 is 0 Å². The topological polar surface area (TPSA) is 9.23 Å². The first-order valence-corrected chi connectivity index (χ1v) is 6.12. The SMILES string of the molecule is C=CCCCCOCC1CCCCC1. The molecular formula is C13H24O. The normalized spacial score (nSPS) is 18.3. The second kappa shape index (κ2) is 8.05. The van der Waals surface area contributed by atoms with Crippen LogP contribution in [0.4, 0.5) is 0 Å². The molecule has 82 valence electrons. The highest BCUT2D eigenvalue weighted by Crippen LogP contribution is 2.23. The van der Waals surface area contributed by atoms with Gasteiger partial charge in [-0.2, -0.15) is 0 Å². The second-order valence-corrected chi connectivity index (χ2v) is 4.36. The molecule has 0 bridgehead atoms. The molecule has 0 saturated heterocycles. The molecule has 0 amide bonds. The van der Waals surface area contributed by atoms with Crippen LogP contribution in [-0.4, -0.2) is 13.2 Å². The number of ether oxygens (including phenoxy) is 1. The van der Waals surface area contributed by atoms with Gasteiger partial charge in [0.1, 0.15) is 0 Å². The molecule has 1 aliphatic rings. The Morgan fingerprint density at radius 3 is 2.64 bits per heavy atom. The molecule has 1 heteroatoms. The molecule has 0 aliphatic heterocycles. The summed E-state index contributed by atoms with van der Waals surface area (Å²) in [6.45, 7) is 5.67. The minimum Gasteiger partial charge on any atom is -0.381 e. The standard InChI is InChI=1S/C13H24O/c1-2-3-4-8-11-14-12-13-9-6-5-7-10-13/h2,13H,1,3-12H2. The molecule has 0 N–H and O–H groups in total. The van der Waals surface area contributed by atoms with Crippen molar-refractivity contribution in [2.75, 3.05) is 13.2 Å². The van der Waals surface area contributed by atoms with Crippen LogP contribution in [0.2, 0.25) is 0 Å². The number of hydrogen-bond donors (Lipinski definition) is 0. The molecule has 0 aromatic heterocycles. The first-order valence-electron chi connectivity index (χ1n) is 6.12. The number of unbranched alkanes of at least 4 members (excludes halogenated alkanes) is 2. The third-order valence-electron chi connectivity index (χ3n) is 3.03. The predicted octanol–water partition coefficient (Wildman–Crippen LogP) is 3.94. The highest BCUT2D eigenvalue weighted by molar-refractivity contribution is 4.66. The van der Waals surface area contributed by atoms with Crippen molar-refractivity contribution < 1.29 is 4.74 Å². The number of rotatable bonds is 7. The molecule has 0 radical (unpaired) electrons. The fraction of sp³-hybridized carbons (Fsp3) is 0.846. The van der Waals surface area contributed by atoms with Crippen LogP contribution in [0.5, 0.6) is 0 Å². The van der Waals surface area contributed by atoms with Crippen LogP contribution in [0.25, 0.3) is 0 Å². The summed E-state index contributed by atoms with van der Waals surface area (Å²) >= 11 is 0. The van der Waals surface area contributed by atoms with Crippen LogP contribution in [-0.2, 0) is 4.74 Å². The molecule has 1 aliphatic carbocycles. The molecular weight excluding hydrogens is 172 g/mol. The maximum atomic E-state index is 5.69. The van der Waals surface area contributed by atoms with Crippen LogP contribution >= 0.6 is 0 Å². The zero-order valence-corrected chi connectivity index (χ0v) is 9.34. The van der Waals surface area contributed by atoms with Gasteiger partial charge in [0.2, 0.25) is 0 Å². The highest BCUT2D eigenvalue weighted by Gasteiger charge is 2.12. The zero-order valence-electron chi connectivity index (χ0n) is 9.34. The zero-order chi connectivity index (χ0) is 10.1. The van der Waals surface area contributed by atoms with E-state index in [0.29, 0.717) is 0 Å². The van der Waals surface area contributed by atoms with Crippen LogP contribution in [0.15, 0.2) is 12.7 Å². The Morgan fingerprint density at radius 1 is 1.14 bits per heavy atom. The number of hydrogen-bond acceptors (Lipinski definition) is 1. The summed E-state index contributed by atoms with van der Waals surface area (Å²) in [4.78, 5) is 0. The summed E-state index contributed by atoms with van der Waals surface area (Å²) in [5, 5.41) is 0. The van der Waals surface area contributed by atoms with Crippen molar-refractivity contribution in [3.8, 4) is 0 Å². The Kier molecular flexibility index (Phi) is 6.77. The Hall–Kier alpha value is -0.300. The lowest BCUT2D eigenvalue weighted by Gasteiger charge is -2.21. The maximum Gasteiger partial charge on any atom is 0.0494 e. The monoisotopic (exact) mass is 196 g/mol. The van der Waals surface area contributed by atoms with Gasteiger partial charge in [-0.3, -0.25) is 0 Å². The average Bonchev–Trinajstić information content (AvgIpc) is 2.25. The summed E-state index contributed by atoms with van der Waals surface area (Å²) < 4.78 is 5.69. The lowest BCUT2D eigenvalue weighted by Crippen LogP contribution is -2.13. The summed E-state index contributed by atoms with van der Waals surface area (Å²) in [7, 11) is 0. The van der Waals surface area contributed by atoms with Crippen molar-refractivity contribution in [2.24, 2.45) is 5.92 Å². The Morgan fingerprint density at radius 2 is 1.93 bits per heavy atom. The minimum atomic E-state index is 0.864. The third kappa shape index (κ3) is 5.43. The molecule has 14 heavy (non-hydrogen) atoms. The van der Waals surface area contributed by atoms with Gasteiger partial charge in [-0.05, 0) is 38.0 Å². The maximum absolute atomic E-state index is 5.69. The minimum absolute atomic E-state index is 0.864. The van der Waals surface area contributed by atoms with Crippen molar-refractivity contribution in [2.45, 2.75) is 51.4 Å². The van der Waals surface area contributed by atoms with Crippen molar-refractivity contribution in [3.63, 3.8) is 0 Å². The van der Waals surface area contributed by atoms with Crippen LogP contribution < -0.4 is 0 Å². The Bertz CT molecular complexity index is 136. The van der Waals surface area contributed by atoms with Gasteiger partial charge in [0.15, 0.2) is 0 Å². The Labute approximate surface area is 88.5 Å². The molecule has 0 heterocycles. The van der Waals surface area contributed by atoms with Crippen LogP contribution in [0, 0.1) is 5.92 Å². The van der Waals surface area contributed by atoms with Gasteiger partial charge >= 0.3 is 0 Å². The molecule has 0 unspecified atom stereocenters. The number of allylic oxidation sites excluding steroid dienone is 1. The molecule has 0 aromatic carbocycles. The summed E-state index contributed by atoms with van der Waals surface area (Å²) in [5.74, 6) is 0.864. The third-order valence-corrected chi connectivity index (χ3v) is 3.03. The van der Waals surface area contributed by atoms with Crippen molar-refractivity contribution in [3.05, 3.63) is 12.7 Å². The van der Waals surface area contributed by atoms with E-state index in [1.807, 2.05) is 6.08 Å². The molecule has 0 atom stereocenters. The van der Waals surface area contributed by atoms with Crippen LogP contribution in [0.1, 0.15) is 51.4 Å². The van der Waals surface area contributed by atoms with E-state index in [0.717, 1.165) is 25.6 Å². The molecule has 1 nitrogen and oxygen atoms in total. The second-order valence-electron chi connectivity index (χ2n) is 4.36. The van der Waals surface area contributed by atoms with Gasteiger partial charge < -0.3 is 4.74 Å². The predicted molar refractivity (Wildman–Crippen MR) is 61.4 cm³/mol. The van der Waals surface area contributed by atoms with Gasteiger partial charge in [0, 0.05) is 13.2 Å². The molecule has 1 fully saturated rings. The van der Waals surface area contributed by atoms with Gasteiger partial charge in [0.25, 0.3) is 0 Å². The van der Waals surface area contributed by atoms with E-state index in [1.165, 1.54) is 44.9 Å². The van der Waals surface area contributed by atoms with Crippen molar-refractivity contribution in [1.82, 2.24) is 0 Å². The van der Waals surface area contributed by atoms with E-state index < -0.39 is 0 Å². The summed E-state index contributed by atoms with van der Waals surface area (Å²) in [5.41, 5.74) is 0. The van der Waals surface area contributed by atoms with Crippen molar-refractivity contribution in [1.29, 1.82) is 0 Å². The van der Waals surface area contributed by atoms with E-state index in [4.69, 9.17) is 4.74 Å². The average molecular weight is 196 g/mol. The van der Waals surface area contributed by atoms with E-state index in [2.05, 4.69) is 6.58 Å². The van der Waals surface area contributed by atoms with Crippen LogP contribution in [0.3, 0.4) is 0 Å². The van der Waals surface area contributed by atoms with E-state index in [1.54, 1.807) is 0 Å². The highest BCUT2D eigenvalue weighted by atomic mass is 16.5. The van der Waals surface area contributed by atoms with E-state index in [-0.39, 0.29) is 0 Å². The smallest absolute Gasteiger partial charge is 0.0494 e. The van der Waals surface area contributed by atoms with E-state index >= 15 is 0 Å². The molecule has 1 rings (SSSR count). The van der Waals surface area contributed by atoms with E-state index in [9.17, 15) is 0 Å². The Balaban J connectivity index is 1.85. The lowest BCUT2D eigenvalue weighted by atomic mass is 9.90. The molecule has 0 aromatic rings. The molecule has 1 saturated carbocycles. The first kappa shape index (κ1) is 11.8. The lowest BCUT2D eigenvalue weighted by molar-refractivity contribution is 0.0829. The summed E-state index contributed by atoms with van der Waals surface area (Å²) in [6, 6.07) is 0. The first-order chi connectivity index (χ1) is 6.93. The van der Waals surface area contributed by atoms with Gasteiger partial charge in [0.05, 0.1) is 0 Å². The molecule has 0 spiro atoms.